The minimum absolute atomic E-state index is 0.105. The van der Waals surface area contributed by atoms with Crippen LogP contribution >= 0.6 is 23.1 Å². The Labute approximate surface area is 133 Å². The van der Waals surface area contributed by atoms with Gasteiger partial charge in [-0.1, -0.05) is 17.8 Å². The topological polar surface area (TPSA) is 91.0 Å². The number of benzene rings is 1. The molecule has 3 aromatic rings. The molecule has 2 aromatic heterocycles. The lowest BCUT2D eigenvalue weighted by atomic mass is 10.2. The molecular weight excluding hydrogens is 324 g/mol. The number of rotatable bonds is 4. The Bertz CT molecular complexity index is 866. The van der Waals surface area contributed by atoms with Gasteiger partial charge in [0, 0.05) is 6.07 Å². The summed E-state index contributed by atoms with van der Waals surface area (Å²) in [4.78, 5) is 23.1. The molecule has 0 aliphatic carbocycles. The fourth-order valence-corrected chi connectivity index (χ4v) is 3.27. The molecule has 0 amide bonds. The third-order valence-electron chi connectivity index (χ3n) is 2.83. The third kappa shape index (κ3) is 2.72. The fourth-order valence-electron chi connectivity index (χ4n) is 1.83. The second-order valence-electron chi connectivity index (χ2n) is 4.35. The Morgan fingerprint density at radius 1 is 1.36 bits per heavy atom. The van der Waals surface area contributed by atoms with Crippen LogP contribution in [0.25, 0.3) is 10.3 Å². The molecule has 7 nitrogen and oxygen atoms in total. The molecule has 1 aromatic carbocycles. The quantitative estimate of drug-likeness (QED) is 0.407. The second kappa shape index (κ2) is 5.85. The number of aryl methyl sites for hydroxylation is 1. The first-order valence-electron chi connectivity index (χ1n) is 6.17. The maximum absolute atomic E-state index is 11.1. The zero-order valence-corrected chi connectivity index (χ0v) is 13.3. The molecular formula is C13H10N4O3S2. The molecule has 2 heterocycles. The average molecular weight is 334 g/mol. The van der Waals surface area contributed by atoms with E-state index >= 15 is 0 Å². The Kier molecular flexibility index (Phi) is 3.90. The van der Waals surface area contributed by atoms with Crippen molar-refractivity contribution in [2.75, 3.05) is 6.26 Å². The molecule has 0 fully saturated rings. The largest absolute Gasteiger partial charge is 0.430 e. The summed E-state index contributed by atoms with van der Waals surface area (Å²) in [6, 6.07) is 4.70. The van der Waals surface area contributed by atoms with Crippen molar-refractivity contribution in [1.82, 2.24) is 15.0 Å². The molecule has 0 spiro atoms. The molecule has 0 aliphatic rings. The first kappa shape index (κ1) is 14.7. The van der Waals surface area contributed by atoms with Gasteiger partial charge in [0.2, 0.25) is 11.6 Å². The number of hydrogen-bond donors (Lipinski definition) is 0. The standard InChI is InChI=1S/C13H10N4O3S2/c1-7-3-4-8(17(18)19)9(5-7)20-12-10-11(14-6-15-12)16-13(21-2)22-10/h3-6H,1-2H3. The van der Waals surface area contributed by atoms with Gasteiger partial charge in [-0.2, -0.15) is 0 Å². The predicted molar refractivity (Wildman–Crippen MR) is 84.9 cm³/mol. The third-order valence-corrected chi connectivity index (χ3v) is 4.85. The van der Waals surface area contributed by atoms with Crippen LogP contribution in [-0.4, -0.2) is 26.1 Å². The number of fused-ring (bicyclic) bond motifs is 1. The summed E-state index contributed by atoms with van der Waals surface area (Å²) in [5, 5.41) is 11.1. The zero-order valence-electron chi connectivity index (χ0n) is 11.6. The van der Waals surface area contributed by atoms with Gasteiger partial charge in [-0.15, -0.1) is 11.3 Å². The van der Waals surface area contributed by atoms with Gasteiger partial charge in [0.25, 0.3) is 0 Å². The van der Waals surface area contributed by atoms with E-state index in [2.05, 4.69) is 15.0 Å². The lowest BCUT2D eigenvalue weighted by molar-refractivity contribution is -0.385. The minimum atomic E-state index is -0.479. The number of aromatic nitrogens is 3. The maximum atomic E-state index is 11.1. The summed E-state index contributed by atoms with van der Waals surface area (Å²) in [6.45, 7) is 1.84. The molecule has 3 rings (SSSR count). The fraction of sp³-hybridized carbons (Fsp3) is 0.154. The van der Waals surface area contributed by atoms with Gasteiger partial charge >= 0.3 is 5.69 Å². The average Bonchev–Trinajstić information content (AvgIpc) is 2.91. The van der Waals surface area contributed by atoms with E-state index in [1.54, 1.807) is 12.1 Å². The number of thiazole rings is 1. The van der Waals surface area contributed by atoms with Gasteiger partial charge in [0.1, 0.15) is 11.0 Å². The molecule has 0 saturated heterocycles. The summed E-state index contributed by atoms with van der Waals surface area (Å²) >= 11 is 2.89. The van der Waals surface area contributed by atoms with Crippen LogP contribution in [0.15, 0.2) is 28.9 Å². The normalized spacial score (nSPS) is 10.8. The lowest BCUT2D eigenvalue weighted by Gasteiger charge is -2.06. The van der Waals surface area contributed by atoms with Crippen molar-refractivity contribution >= 4 is 39.1 Å². The maximum Gasteiger partial charge on any atom is 0.311 e. The van der Waals surface area contributed by atoms with E-state index < -0.39 is 4.92 Å². The first-order valence-corrected chi connectivity index (χ1v) is 8.21. The molecule has 0 radical (unpaired) electrons. The summed E-state index contributed by atoms with van der Waals surface area (Å²) in [6.07, 6.45) is 3.25. The molecule has 0 unspecified atom stereocenters. The van der Waals surface area contributed by atoms with E-state index in [1.807, 2.05) is 13.2 Å². The van der Waals surface area contributed by atoms with Gasteiger partial charge in [-0.05, 0) is 24.8 Å². The van der Waals surface area contributed by atoms with Crippen LogP contribution in [0.2, 0.25) is 0 Å². The van der Waals surface area contributed by atoms with Gasteiger partial charge in [-0.3, -0.25) is 10.1 Å². The minimum Gasteiger partial charge on any atom is -0.430 e. The van der Waals surface area contributed by atoms with E-state index in [4.69, 9.17) is 4.74 Å². The van der Waals surface area contributed by atoms with Crippen molar-refractivity contribution in [3.63, 3.8) is 0 Å². The van der Waals surface area contributed by atoms with Gasteiger partial charge in [-0.25, -0.2) is 15.0 Å². The molecule has 0 N–H and O–H groups in total. The first-order chi connectivity index (χ1) is 10.6. The zero-order chi connectivity index (χ0) is 15.7. The van der Waals surface area contributed by atoms with Crippen molar-refractivity contribution in [2.45, 2.75) is 11.3 Å². The van der Waals surface area contributed by atoms with E-state index in [9.17, 15) is 10.1 Å². The van der Waals surface area contributed by atoms with Crippen LogP contribution in [0.5, 0.6) is 11.6 Å². The summed E-state index contributed by atoms with van der Waals surface area (Å²) in [5.74, 6) is 0.431. The van der Waals surface area contributed by atoms with E-state index in [1.165, 1.54) is 35.5 Å². The molecule has 112 valence electrons. The van der Waals surface area contributed by atoms with Crippen LogP contribution in [0.3, 0.4) is 0 Å². The highest BCUT2D eigenvalue weighted by Crippen LogP contribution is 2.37. The second-order valence-corrected chi connectivity index (χ2v) is 6.40. The van der Waals surface area contributed by atoms with Crippen LogP contribution < -0.4 is 4.74 Å². The number of nitro benzene ring substituents is 1. The van der Waals surface area contributed by atoms with E-state index in [0.717, 1.165) is 9.90 Å². The molecule has 0 atom stereocenters. The highest BCUT2D eigenvalue weighted by molar-refractivity contribution is 8.00. The molecule has 22 heavy (non-hydrogen) atoms. The van der Waals surface area contributed by atoms with Crippen molar-refractivity contribution in [2.24, 2.45) is 0 Å². The van der Waals surface area contributed by atoms with Gasteiger partial charge in [0.05, 0.1) is 4.92 Å². The monoisotopic (exact) mass is 334 g/mol. The van der Waals surface area contributed by atoms with Crippen LogP contribution in [-0.2, 0) is 0 Å². The lowest BCUT2D eigenvalue weighted by Crippen LogP contribution is -1.95. The summed E-state index contributed by atoms with van der Waals surface area (Å²) < 4.78 is 7.19. The number of ether oxygens (including phenoxy) is 1. The van der Waals surface area contributed by atoms with E-state index in [-0.39, 0.29) is 17.3 Å². The van der Waals surface area contributed by atoms with Crippen molar-refractivity contribution in [3.05, 3.63) is 40.2 Å². The predicted octanol–water partition coefficient (Wildman–Crippen LogP) is 3.82. The van der Waals surface area contributed by atoms with Crippen molar-refractivity contribution in [1.29, 1.82) is 0 Å². The van der Waals surface area contributed by atoms with Crippen molar-refractivity contribution in [3.8, 4) is 11.6 Å². The number of nitro groups is 1. The molecule has 0 saturated carbocycles. The Morgan fingerprint density at radius 2 is 2.18 bits per heavy atom. The Balaban J connectivity index is 2.08. The molecule has 9 heteroatoms. The van der Waals surface area contributed by atoms with Gasteiger partial charge < -0.3 is 4.74 Å². The van der Waals surface area contributed by atoms with E-state index in [0.29, 0.717) is 10.3 Å². The smallest absolute Gasteiger partial charge is 0.311 e. The van der Waals surface area contributed by atoms with Crippen LogP contribution in [0, 0.1) is 17.0 Å². The Morgan fingerprint density at radius 3 is 2.91 bits per heavy atom. The Hall–Kier alpha value is -2.26. The number of hydrogen-bond acceptors (Lipinski definition) is 8. The molecule has 0 bridgehead atoms. The number of nitrogens with zero attached hydrogens (tertiary/aromatic N) is 4. The summed E-state index contributed by atoms with van der Waals surface area (Å²) in [7, 11) is 0. The highest BCUT2D eigenvalue weighted by Gasteiger charge is 2.19. The van der Waals surface area contributed by atoms with Crippen molar-refractivity contribution < 1.29 is 9.66 Å². The SMILES string of the molecule is CSc1nc2ncnc(Oc3cc(C)ccc3[N+](=O)[O-])c2s1. The molecule has 0 aliphatic heterocycles. The highest BCUT2D eigenvalue weighted by atomic mass is 32.2. The van der Waals surface area contributed by atoms with Crippen LogP contribution in [0.1, 0.15) is 5.56 Å². The summed E-state index contributed by atoms with van der Waals surface area (Å²) in [5.41, 5.74) is 1.28. The van der Waals surface area contributed by atoms with Gasteiger partial charge in [0.15, 0.2) is 9.99 Å². The van der Waals surface area contributed by atoms with Crippen LogP contribution in [0.4, 0.5) is 5.69 Å². The number of thioether (sulfide) groups is 1.